The first-order valence-electron chi connectivity index (χ1n) is 9.02. The Morgan fingerprint density at radius 1 is 1.14 bits per heavy atom. The molecular weight excluding hydrogens is 376 g/mol. The van der Waals surface area contributed by atoms with Crippen LogP contribution in [0.25, 0.3) is 0 Å². The maximum absolute atomic E-state index is 13.2. The molecule has 1 aliphatic heterocycles. The Kier molecular flexibility index (Phi) is 4.12. The third-order valence-electron chi connectivity index (χ3n) is 5.25. The number of aromatic nitrogens is 2. The van der Waals surface area contributed by atoms with Gasteiger partial charge in [0.15, 0.2) is 5.78 Å². The van der Waals surface area contributed by atoms with Crippen LogP contribution in [-0.4, -0.2) is 23.2 Å². The number of rotatable bonds is 3. The summed E-state index contributed by atoms with van der Waals surface area (Å²) in [6, 6.07) is 11.7. The van der Waals surface area contributed by atoms with Crippen LogP contribution < -0.4 is 15.4 Å². The summed E-state index contributed by atoms with van der Waals surface area (Å²) < 4.78 is 10.1. The minimum absolute atomic E-state index is 0.0926. The van der Waals surface area contributed by atoms with Gasteiger partial charge in [0.25, 0.3) is 0 Å². The number of ketones is 1. The average molecular weight is 394 g/mol. The molecule has 142 valence electrons. The van der Waals surface area contributed by atoms with Crippen molar-refractivity contribution < 1.29 is 14.2 Å². The SMILES string of the molecule is COc1ccc([C@@H]2CC(=O)C3=C(C2)Nc2nonc2N[C@H]3c2cccs2)cc1. The van der Waals surface area contributed by atoms with Crippen LogP contribution in [0.2, 0.25) is 0 Å². The molecule has 0 fully saturated rings. The first-order valence-corrected chi connectivity index (χ1v) is 9.90. The van der Waals surface area contributed by atoms with Crippen LogP contribution >= 0.6 is 11.3 Å². The van der Waals surface area contributed by atoms with Crippen LogP contribution in [0.1, 0.15) is 35.2 Å². The molecule has 0 saturated heterocycles. The Morgan fingerprint density at radius 2 is 1.96 bits per heavy atom. The van der Waals surface area contributed by atoms with E-state index in [0.717, 1.165) is 27.5 Å². The smallest absolute Gasteiger partial charge is 0.219 e. The Bertz CT molecular complexity index is 1040. The molecule has 2 N–H and O–H groups in total. The van der Waals surface area contributed by atoms with Crippen molar-refractivity contribution in [2.45, 2.75) is 24.8 Å². The molecule has 0 amide bonds. The third kappa shape index (κ3) is 2.86. The average Bonchev–Trinajstić information content (AvgIpc) is 3.37. The van der Waals surface area contributed by atoms with Gasteiger partial charge in [0, 0.05) is 22.6 Å². The quantitative estimate of drug-likeness (QED) is 0.691. The summed E-state index contributed by atoms with van der Waals surface area (Å²) in [6.07, 6.45) is 1.18. The number of thiophene rings is 1. The van der Waals surface area contributed by atoms with Crippen molar-refractivity contribution in [1.29, 1.82) is 0 Å². The zero-order chi connectivity index (χ0) is 19.1. The van der Waals surface area contributed by atoms with Gasteiger partial charge < -0.3 is 15.4 Å². The fourth-order valence-corrected chi connectivity index (χ4v) is 4.67. The topological polar surface area (TPSA) is 89.3 Å². The number of Topliss-reactive ketones (excluding diaryl/α,β-unsaturated/α-hetero) is 1. The number of methoxy groups -OCH3 is 1. The third-order valence-corrected chi connectivity index (χ3v) is 6.19. The highest BCUT2D eigenvalue weighted by atomic mass is 32.1. The molecule has 8 heteroatoms. The van der Waals surface area contributed by atoms with E-state index in [1.807, 2.05) is 41.8 Å². The molecule has 1 aromatic carbocycles. The van der Waals surface area contributed by atoms with Gasteiger partial charge in [0.2, 0.25) is 11.6 Å². The summed E-state index contributed by atoms with van der Waals surface area (Å²) in [5, 5.41) is 16.5. The monoisotopic (exact) mass is 394 g/mol. The van der Waals surface area contributed by atoms with Crippen molar-refractivity contribution in [3.63, 3.8) is 0 Å². The van der Waals surface area contributed by atoms with Crippen molar-refractivity contribution in [3.05, 3.63) is 63.5 Å². The van der Waals surface area contributed by atoms with E-state index in [4.69, 9.17) is 9.37 Å². The first-order chi connectivity index (χ1) is 13.7. The molecule has 2 atom stereocenters. The number of carbonyl (C=O) groups excluding carboxylic acids is 1. The number of anilines is 2. The number of fused-ring (bicyclic) bond motifs is 1. The zero-order valence-corrected chi connectivity index (χ0v) is 16.0. The van der Waals surface area contributed by atoms with Gasteiger partial charge in [-0.1, -0.05) is 18.2 Å². The maximum Gasteiger partial charge on any atom is 0.219 e. The number of hydrogen-bond donors (Lipinski definition) is 2. The lowest BCUT2D eigenvalue weighted by atomic mass is 9.79. The second kappa shape index (κ2) is 6.79. The summed E-state index contributed by atoms with van der Waals surface area (Å²) in [6.45, 7) is 0. The number of benzene rings is 1. The van der Waals surface area contributed by atoms with Crippen molar-refractivity contribution >= 4 is 28.8 Å². The van der Waals surface area contributed by atoms with Crippen molar-refractivity contribution in [2.75, 3.05) is 17.7 Å². The van der Waals surface area contributed by atoms with Crippen LogP contribution in [-0.2, 0) is 4.79 Å². The first kappa shape index (κ1) is 17.0. The van der Waals surface area contributed by atoms with E-state index in [9.17, 15) is 4.79 Å². The number of nitrogens with one attached hydrogen (secondary N) is 2. The van der Waals surface area contributed by atoms with Gasteiger partial charge in [0.1, 0.15) is 5.75 Å². The molecule has 0 unspecified atom stereocenters. The van der Waals surface area contributed by atoms with Crippen LogP contribution in [0.5, 0.6) is 5.75 Å². The molecular formula is C20H18N4O3S. The molecule has 2 aromatic heterocycles. The van der Waals surface area contributed by atoms with E-state index in [-0.39, 0.29) is 17.7 Å². The van der Waals surface area contributed by atoms with E-state index in [1.165, 1.54) is 0 Å². The molecule has 1 aliphatic carbocycles. The molecule has 0 saturated carbocycles. The molecule has 28 heavy (non-hydrogen) atoms. The molecule has 0 spiro atoms. The lowest BCUT2D eigenvalue weighted by molar-refractivity contribution is -0.116. The summed E-state index contributed by atoms with van der Waals surface area (Å²) in [7, 11) is 1.65. The minimum Gasteiger partial charge on any atom is -0.497 e. The maximum atomic E-state index is 13.2. The van der Waals surface area contributed by atoms with Gasteiger partial charge in [-0.15, -0.1) is 11.3 Å². The Balaban J connectivity index is 1.55. The van der Waals surface area contributed by atoms with Crippen molar-refractivity contribution in [1.82, 2.24) is 10.3 Å². The second-order valence-corrected chi connectivity index (χ2v) is 7.85. The molecule has 3 heterocycles. The molecule has 7 nitrogen and oxygen atoms in total. The van der Waals surface area contributed by atoms with Crippen molar-refractivity contribution in [2.24, 2.45) is 0 Å². The molecule has 0 radical (unpaired) electrons. The number of nitrogens with zero attached hydrogens (tertiary/aromatic N) is 2. The lowest BCUT2D eigenvalue weighted by Crippen LogP contribution is -2.26. The zero-order valence-electron chi connectivity index (χ0n) is 15.1. The number of ether oxygens (including phenoxy) is 1. The van der Waals surface area contributed by atoms with E-state index < -0.39 is 0 Å². The summed E-state index contributed by atoms with van der Waals surface area (Å²) >= 11 is 1.61. The van der Waals surface area contributed by atoms with E-state index in [1.54, 1.807) is 18.4 Å². The van der Waals surface area contributed by atoms with Gasteiger partial charge in [0.05, 0.1) is 13.2 Å². The largest absolute Gasteiger partial charge is 0.497 e. The van der Waals surface area contributed by atoms with Crippen LogP contribution in [0, 0.1) is 0 Å². The lowest BCUT2D eigenvalue weighted by Gasteiger charge is -2.29. The number of hydrogen-bond acceptors (Lipinski definition) is 8. The van der Waals surface area contributed by atoms with Crippen molar-refractivity contribution in [3.8, 4) is 5.75 Å². The highest BCUT2D eigenvalue weighted by molar-refractivity contribution is 7.10. The van der Waals surface area contributed by atoms with Gasteiger partial charge in [-0.25, -0.2) is 4.63 Å². The van der Waals surface area contributed by atoms with Gasteiger partial charge in [-0.3, -0.25) is 4.79 Å². The normalized spacial score (nSPS) is 21.2. The highest BCUT2D eigenvalue weighted by Crippen LogP contribution is 2.44. The standard InChI is InChI=1S/C20H18N4O3S/c1-26-13-6-4-11(5-7-13)12-9-14-17(15(25)10-12)18(16-3-2-8-28-16)22-20-19(21-14)23-27-24-20/h2-8,12,18H,9-10H2,1H3,(H,21,23)(H,22,24)/t12-,18-/m0/s1. The number of allylic oxidation sites excluding steroid dienone is 1. The van der Waals surface area contributed by atoms with Crippen LogP contribution in [0.3, 0.4) is 0 Å². The minimum atomic E-state index is -0.264. The summed E-state index contributed by atoms with van der Waals surface area (Å²) in [5.41, 5.74) is 2.75. The van der Waals surface area contributed by atoms with Gasteiger partial charge in [-0.2, -0.15) is 0 Å². The Labute approximate surface area is 165 Å². The molecule has 5 rings (SSSR count). The van der Waals surface area contributed by atoms with E-state index >= 15 is 0 Å². The Morgan fingerprint density at radius 3 is 2.71 bits per heavy atom. The second-order valence-electron chi connectivity index (χ2n) is 6.87. The summed E-state index contributed by atoms with van der Waals surface area (Å²) in [5.74, 6) is 2.05. The number of carbonyl (C=O) groups is 1. The summed E-state index contributed by atoms with van der Waals surface area (Å²) in [4.78, 5) is 14.3. The fraction of sp³-hybridized carbons (Fsp3) is 0.250. The molecule has 2 aliphatic rings. The highest BCUT2D eigenvalue weighted by Gasteiger charge is 2.37. The predicted molar refractivity (Wildman–Crippen MR) is 106 cm³/mol. The predicted octanol–water partition coefficient (Wildman–Crippen LogP) is 4.12. The van der Waals surface area contributed by atoms with E-state index in [2.05, 4.69) is 20.9 Å². The van der Waals surface area contributed by atoms with Gasteiger partial charge in [-0.05, 0) is 51.8 Å². The molecule has 0 bridgehead atoms. The van der Waals surface area contributed by atoms with Gasteiger partial charge >= 0.3 is 0 Å². The Hall–Kier alpha value is -3.13. The van der Waals surface area contributed by atoms with E-state index in [0.29, 0.717) is 24.5 Å². The van der Waals surface area contributed by atoms with Crippen LogP contribution in [0.15, 0.2) is 57.7 Å². The molecule has 3 aromatic rings. The fourth-order valence-electron chi connectivity index (χ4n) is 3.88. The van der Waals surface area contributed by atoms with Crippen LogP contribution in [0.4, 0.5) is 11.6 Å².